The second kappa shape index (κ2) is 7.05. The minimum atomic E-state index is -0.336. The summed E-state index contributed by atoms with van der Waals surface area (Å²) in [7, 11) is 0. The highest BCUT2D eigenvalue weighted by atomic mass is 32.1. The average Bonchev–Trinajstić information content (AvgIpc) is 2.99. The fourth-order valence-electron chi connectivity index (χ4n) is 1.86. The van der Waals surface area contributed by atoms with Crippen LogP contribution in [0.1, 0.15) is 41.5 Å². The zero-order valence-electron chi connectivity index (χ0n) is 11.6. The fraction of sp³-hybridized carbons (Fsp3) is 0.333. The van der Waals surface area contributed by atoms with Gasteiger partial charge in [0.1, 0.15) is 5.82 Å². The van der Waals surface area contributed by atoms with E-state index in [1.54, 1.807) is 30.5 Å². The summed E-state index contributed by atoms with van der Waals surface area (Å²) in [5, 5.41) is 5.44. The molecule has 0 aromatic carbocycles. The van der Waals surface area contributed by atoms with Crippen LogP contribution in [0.2, 0.25) is 0 Å². The van der Waals surface area contributed by atoms with Crippen molar-refractivity contribution in [3.05, 3.63) is 46.3 Å². The molecule has 1 unspecified atom stereocenters. The Morgan fingerprint density at radius 3 is 2.80 bits per heavy atom. The molecule has 2 heterocycles. The van der Waals surface area contributed by atoms with Gasteiger partial charge in [0.15, 0.2) is 0 Å². The van der Waals surface area contributed by atoms with Crippen molar-refractivity contribution in [3.63, 3.8) is 0 Å². The minimum absolute atomic E-state index is 0.246. The van der Waals surface area contributed by atoms with Crippen LogP contribution in [0, 0.1) is 0 Å². The van der Waals surface area contributed by atoms with E-state index in [0.717, 1.165) is 12.2 Å². The summed E-state index contributed by atoms with van der Waals surface area (Å²) in [4.78, 5) is 17.1. The van der Waals surface area contributed by atoms with Crippen LogP contribution in [-0.4, -0.2) is 17.6 Å². The van der Waals surface area contributed by atoms with Crippen molar-refractivity contribution in [2.24, 2.45) is 0 Å². The van der Waals surface area contributed by atoms with Crippen LogP contribution in [-0.2, 0) is 4.74 Å². The first kappa shape index (κ1) is 14.5. The van der Waals surface area contributed by atoms with Gasteiger partial charge in [-0.3, -0.25) is 0 Å². The van der Waals surface area contributed by atoms with Gasteiger partial charge in [-0.25, -0.2) is 9.78 Å². The smallest absolute Gasteiger partial charge is 0.339 e. The lowest BCUT2D eigenvalue weighted by molar-refractivity contribution is 0.0526. The predicted octanol–water partition coefficient (Wildman–Crippen LogP) is 3.88. The van der Waals surface area contributed by atoms with E-state index in [0.29, 0.717) is 12.2 Å². The van der Waals surface area contributed by atoms with Crippen molar-refractivity contribution >= 4 is 23.1 Å². The number of anilines is 1. The molecule has 2 rings (SSSR count). The summed E-state index contributed by atoms with van der Waals surface area (Å²) in [5.74, 6) is 0.426. The van der Waals surface area contributed by atoms with Crippen LogP contribution in [0.15, 0.2) is 35.8 Å². The molecule has 0 aliphatic rings. The molecule has 0 spiro atoms. The SMILES string of the molecule is CCOC(=O)c1ccc(NC(CC)c2cccs2)nc1. The molecule has 0 saturated carbocycles. The Bertz CT molecular complexity index is 538. The lowest BCUT2D eigenvalue weighted by Crippen LogP contribution is -2.10. The van der Waals surface area contributed by atoms with E-state index >= 15 is 0 Å². The number of hydrogen-bond donors (Lipinski definition) is 1. The highest BCUT2D eigenvalue weighted by Crippen LogP contribution is 2.25. The molecule has 1 N–H and O–H groups in total. The molecule has 5 heteroatoms. The normalized spacial score (nSPS) is 11.9. The Hall–Kier alpha value is -1.88. The van der Waals surface area contributed by atoms with Crippen LogP contribution in [0.5, 0.6) is 0 Å². The van der Waals surface area contributed by atoms with Gasteiger partial charge in [-0.15, -0.1) is 11.3 Å². The number of pyridine rings is 1. The Labute approximate surface area is 122 Å². The summed E-state index contributed by atoms with van der Waals surface area (Å²) < 4.78 is 4.93. The van der Waals surface area contributed by atoms with Crippen molar-refractivity contribution in [1.29, 1.82) is 0 Å². The van der Waals surface area contributed by atoms with E-state index in [2.05, 4.69) is 28.7 Å². The number of hydrogen-bond acceptors (Lipinski definition) is 5. The molecular formula is C15H18N2O2S. The number of thiophene rings is 1. The molecule has 1 atom stereocenters. The molecule has 2 aromatic rings. The fourth-order valence-corrected chi connectivity index (χ4v) is 2.72. The molecule has 0 saturated heterocycles. The number of nitrogens with zero attached hydrogens (tertiary/aromatic N) is 1. The van der Waals surface area contributed by atoms with Crippen LogP contribution in [0.3, 0.4) is 0 Å². The van der Waals surface area contributed by atoms with Gasteiger partial charge in [0, 0.05) is 11.1 Å². The average molecular weight is 290 g/mol. The summed E-state index contributed by atoms with van der Waals surface area (Å²) in [6, 6.07) is 7.94. The number of rotatable bonds is 6. The largest absolute Gasteiger partial charge is 0.462 e. The van der Waals surface area contributed by atoms with Crippen molar-refractivity contribution < 1.29 is 9.53 Å². The molecule has 0 aliphatic heterocycles. The number of carbonyl (C=O) groups excluding carboxylic acids is 1. The number of esters is 1. The Balaban J connectivity index is 2.04. The molecule has 2 aromatic heterocycles. The van der Waals surface area contributed by atoms with E-state index in [4.69, 9.17) is 4.74 Å². The Kier molecular flexibility index (Phi) is 5.12. The maximum Gasteiger partial charge on any atom is 0.339 e. The highest BCUT2D eigenvalue weighted by molar-refractivity contribution is 7.10. The third-order valence-electron chi connectivity index (χ3n) is 2.89. The maximum absolute atomic E-state index is 11.5. The number of nitrogens with one attached hydrogen (secondary N) is 1. The zero-order chi connectivity index (χ0) is 14.4. The van der Waals surface area contributed by atoms with Gasteiger partial charge in [0.05, 0.1) is 18.2 Å². The van der Waals surface area contributed by atoms with Gasteiger partial charge in [0.25, 0.3) is 0 Å². The third-order valence-corrected chi connectivity index (χ3v) is 3.88. The Morgan fingerprint density at radius 2 is 2.25 bits per heavy atom. The van der Waals surface area contributed by atoms with E-state index in [9.17, 15) is 4.79 Å². The highest BCUT2D eigenvalue weighted by Gasteiger charge is 2.11. The molecule has 0 radical (unpaired) electrons. The second-order valence-corrected chi connectivity index (χ2v) is 5.25. The molecule has 4 nitrogen and oxygen atoms in total. The molecule has 106 valence electrons. The molecular weight excluding hydrogens is 272 g/mol. The van der Waals surface area contributed by atoms with E-state index < -0.39 is 0 Å². The second-order valence-electron chi connectivity index (χ2n) is 4.27. The number of carbonyl (C=O) groups is 1. The minimum Gasteiger partial charge on any atom is -0.462 e. The lowest BCUT2D eigenvalue weighted by Gasteiger charge is -2.16. The van der Waals surface area contributed by atoms with Gasteiger partial charge in [0.2, 0.25) is 0 Å². The predicted molar refractivity (Wildman–Crippen MR) is 81.2 cm³/mol. The molecule has 20 heavy (non-hydrogen) atoms. The van der Waals surface area contributed by atoms with Crippen molar-refractivity contribution in [2.75, 3.05) is 11.9 Å². The summed E-state index contributed by atoms with van der Waals surface area (Å²) in [6.45, 7) is 4.29. The van der Waals surface area contributed by atoms with Crippen LogP contribution < -0.4 is 5.32 Å². The maximum atomic E-state index is 11.5. The first-order valence-electron chi connectivity index (χ1n) is 6.67. The molecule has 0 amide bonds. The molecule has 0 bridgehead atoms. The first-order valence-corrected chi connectivity index (χ1v) is 7.55. The summed E-state index contributed by atoms with van der Waals surface area (Å²) in [5.41, 5.74) is 0.474. The van der Waals surface area contributed by atoms with E-state index in [-0.39, 0.29) is 12.0 Å². The van der Waals surface area contributed by atoms with Gasteiger partial charge in [-0.05, 0) is 36.9 Å². The quantitative estimate of drug-likeness (QED) is 0.820. The van der Waals surface area contributed by atoms with Crippen molar-refractivity contribution in [3.8, 4) is 0 Å². The number of aromatic nitrogens is 1. The van der Waals surface area contributed by atoms with Gasteiger partial charge in [-0.2, -0.15) is 0 Å². The molecule has 0 aliphatic carbocycles. The van der Waals surface area contributed by atoms with Crippen LogP contribution >= 0.6 is 11.3 Å². The van der Waals surface area contributed by atoms with Gasteiger partial charge < -0.3 is 10.1 Å². The van der Waals surface area contributed by atoms with Crippen molar-refractivity contribution in [1.82, 2.24) is 4.98 Å². The monoisotopic (exact) mass is 290 g/mol. The summed E-state index contributed by atoms with van der Waals surface area (Å²) >= 11 is 1.73. The summed E-state index contributed by atoms with van der Waals surface area (Å²) in [6.07, 6.45) is 2.52. The first-order chi connectivity index (χ1) is 9.74. The lowest BCUT2D eigenvalue weighted by atomic mass is 10.2. The number of ether oxygens (including phenoxy) is 1. The Morgan fingerprint density at radius 1 is 1.40 bits per heavy atom. The van der Waals surface area contributed by atoms with E-state index in [1.165, 1.54) is 4.88 Å². The van der Waals surface area contributed by atoms with Gasteiger partial charge in [-0.1, -0.05) is 13.0 Å². The van der Waals surface area contributed by atoms with Crippen molar-refractivity contribution in [2.45, 2.75) is 26.3 Å². The van der Waals surface area contributed by atoms with Gasteiger partial charge >= 0.3 is 5.97 Å². The van der Waals surface area contributed by atoms with E-state index in [1.807, 2.05) is 12.1 Å². The molecule has 0 fully saturated rings. The zero-order valence-corrected chi connectivity index (χ0v) is 12.4. The third kappa shape index (κ3) is 3.57. The van der Waals surface area contributed by atoms with Crippen LogP contribution in [0.4, 0.5) is 5.82 Å². The van der Waals surface area contributed by atoms with Crippen LogP contribution in [0.25, 0.3) is 0 Å². The topological polar surface area (TPSA) is 51.2 Å². The standard InChI is InChI=1S/C15H18N2O2S/c1-3-12(13-6-5-9-20-13)17-14-8-7-11(10-16-14)15(18)19-4-2/h5-10,12H,3-4H2,1-2H3,(H,16,17).